The summed E-state index contributed by atoms with van der Waals surface area (Å²) in [6.45, 7) is -0.555. The molecule has 4 aromatic rings. The van der Waals surface area contributed by atoms with E-state index in [2.05, 4.69) is 9.98 Å². The predicted octanol–water partition coefficient (Wildman–Crippen LogP) is 3.81. The molecule has 218 valence electrons. The van der Waals surface area contributed by atoms with E-state index in [1.807, 2.05) is 36.4 Å². The maximum atomic E-state index is 10.2. The van der Waals surface area contributed by atoms with Gasteiger partial charge in [0, 0.05) is 44.0 Å². The summed E-state index contributed by atoms with van der Waals surface area (Å²) in [6, 6.07) is 30.3. The van der Waals surface area contributed by atoms with Gasteiger partial charge in [0.2, 0.25) is 0 Å². The third kappa shape index (κ3) is 10.3. The van der Waals surface area contributed by atoms with Crippen LogP contribution in [-0.4, -0.2) is 68.4 Å². The van der Waals surface area contributed by atoms with E-state index < -0.39 is 24.3 Å². The molecule has 0 aliphatic heterocycles. The smallest absolute Gasteiger partial charge is 0.124 e. The first-order valence-electron chi connectivity index (χ1n) is 12.7. The number of rotatable bonds is 10. The van der Waals surface area contributed by atoms with Crippen LogP contribution in [0.2, 0.25) is 0 Å². The van der Waals surface area contributed by atoms with Gasteiger partial charge < -0.3 is 30.6 Å². The van der Waals surface area contributed by atoms with Crippen molar-refractivity contribution < 1.29 is 51.1 Å². The Morgan fingerprint density at radius 3 is 1.15 bits per heavy atom. The molecule has 0 aromatic heterocycles. The Bertz CT molecular complexity index is 1250. The fourth-order valence-corrected chi connectivity index (χ4v) is 3.75. The molecule has 9 heteroatoms. The Morgan fingerprint density at radius 1 is 0.512 bits per heavy atom. The Hall–Kier alpha value is -3.68. The van der Waals surface area contributed by atoms with Gasteiger partial charge >= 0.3 is 0 Å². The summed E-state index contributed by atoms with van der Waals surface area (Å²) in [5, 5.41) is 58.4. The molecule has 4 atom stereocenters. The second kappa shape index (κ2) is 17.9. The number of para-hydroxylation sites is 2. The molecule has 0 bridgehead atoms. The number of aliphatic hydroxyl groups is 4. The number of phenols is 2. The van der Waals surface area contributed by atoms with Gasteiger partial charge in [-0.2, -0.15) is 0 Å². The van der Waals surface area contributed by atoms with E-state index in [1.165, 1.54) is 12.4 Å². The monoisotopic (exact) mass is 648 g/mol. The first-order chi connectivity index (χ1) is 19.4. The fourth-order valence-electron chi connectivity index (χ4n) is 3.75. The Kier molecular flexibility index (Phi) is 14.6. The third-order valence-corrected chi connectivity index (χ3v) is 6.07. The number of hydrogen-bond acceptors (Lipinski definition) is 8. The maximum absolute atomic E-state index is 10.2. The molecule has 8 nitrogen and oxygen atoms in total. The van der Waals surface area contributed by atoms with Gasteiger partial charge in [0.25, 0.3) is 0 Å². The molecule has 6 N–H and O–H groups in total. The average molecular weight is 649 g/mol. The Morgan fingerprint density at radius 2 is 0.829 bits per heavy atom. The van der Waals surface area contributed by atoms with Gasteiger partial charge in [0.05, 0.1) is 13.2 Å². The minimum absolute atomic E-state index is 0. The summed E-state index contributed by atoms with van der Waals surface area (Å²) in [7, 11) is 0. The van der Waals surface area contributed by atoms with E-state index >= 15 is 0 Å². The van der Waals surface area contributed by atoms with Crippen molar-refractivity contribution in [1.29, 1.82) is 0 Å². The summed E-state index contributed by atoms with van der Waals surface area (Å²) in [4.78, 5) is 8.33. The average Bonchev–Trinajstić information content (AvgIpc) is 3.00. The fraction of sp³-hybridized carbons (Fsp3) is 0.188. The van der Waals surface area contributed by atoms with Crippen LogP contribution in [0.5, 0.6) is 11.5 Å². The summed E-state index contributed by atoms with van der Waals surface area (Å²) in [5.41, 5.74) is 2.49. The number of aromatic hydroxyl groups is 2. The van der Waals surface area contributed by atoms with Crippen LogP contribution in [0.4, 0.5) is 0 Å². The molecule has 41 heavy (non-hydrogen) atoms. The van der Waals surface area contributed by atoms with Crippen molar-refractivity contribution in [2.24, 2.45) is 9.98 Å². The largest absolute Gasteiger partial charge is 0.507 e. The molecule has 0 spiro atoms. The number of benzene rings is 4. The van der Waals surface area contributed by atoms with Crippen molar-refractivity contribution in [2.75, 3.05) is 13.2 Å². The van der Waals surface area contributed by atoms with Crippen LogP contribution in [0, 0.1) is 0 Å². The SMILES string of the molecule is OC[C@H](N=Cc1ccccc1O)[C@@H](O)c1ccccc1.OC[C@H](N=Cc1ccccc1O)[C@@H](O)c1ccccc1.[Pd]. The summed E-state index contributed by atoms with van der Waals surface area (Å²) >= 11 is 0. The molecule has 0 aliphatic carbocycles. The molecular formula is C32H34N2O6Pd. The molecule has 0 fully saturated rings. The first kappa shape index (κ1) is 33.5. The Labute approximate surface area is 253 Å². The Balaban J connectivity index is 0.000000280. The van der Waals surface area contributed by atoms with E-state index in [9.17, 15) is 30.6 Å². The topological polar surface area (TPSA) is 146 Å². The van der Waals surface area contributed by atoms with Gasteiger partial charge in [0.1, 0.15) is 35.8 Å². The van der Waals surface area contributed by atoms with Crippen LogP contribution < -0.4 is 0 Å². The predicted molar refractivity (Wildman–Crippen MR) is 156 cm³/mol. The molecule has 0 saturated heterocycles. The first-order valence-corrected chi connectivity index (χ1v) is 12.7. The van der Waals surface area contributed by atoms with Gasteiger partial charge in [-0.3, -0.25) is 9.98 Å². The second-order valence-electron chi connectivity index (χ2n) is 8.88. The standard InChI is InChI=1S/2C16H17NO3.Pd/c2*18-11-14(16(20)12-6-2-1-3-7-12)17-10-13-8-4-5-9-15(13)19;/h2*1-10,14,16,18-20H,11H2;/t2*14-,16-;/m00./s1. The zero-order valence-corrected chi connectivity index (χ0v) is 23.7. The van der Waals surface area contributed by atoms with Crippen molar-refractivity contribution in [1.82, 2.24) is 0 Å². The molecular weight excluding hydrogens is 615 g/mol. The minimum Gasteiger partial charge on any atom is -0.507 e. The number of nitrogens with zero attached hydrogens (tertiary/aromatic N) is 2. The molecule has 0 radical (unpaired) electrons. The summed E-state index contributed by atoms with van der Waals surface area (Å²) in [5.74, 6) is 0.226. The van der Waals surface area contributed by atoms with Gasteiger partial charge in [-0.1, -0.05) is 84.9 Å². The minimum atomic E-state index is -0.886. The van der Waals surface area contributed by atoms with Crippen LogP contribution in [0.1, 0.15) is 34.5 Å². The number of phenolic OH excluding ortho intramolecular Hbond substituents is 2. The van der Waals surface area contributed by atoms with Crippen molar-refractivity contribution in [3.8, 4) is 11.5 Å². The number of aliphatic hydroxyl groups excluding tert-OH is 4. The van der Waals surface area contributed by atoms with Gasteiger partial charge in [0.15, 0.2) is 0 Å². The summed E-state index contributed by atoms with van der Waals surface area (Å²) < 4.78 is 0. The van der Waals surface area contributed by atoms with Crippen molar-refractivity contribution >= 4 is 12.4 Å². The van der Waals surface area contributed by atoms with Gasteiger partial charge in [-0.05, 0) is 35.4 Å². The zero-order chi connectivity index (χ0) is 28.7. The number of hydrogen-bond donors (Lipinski definition) is 6. The van der Waals surface area contributed by atoms with E-state index in [1.54, 1.807) is 72.8 Å². The van der Waals surface area contributed by atoms with Crippen molar-refractivity contribution in [2.45, 2.75) is 24.3 Å². The molecule has 0 heterocycles. The van der Waals surface area contributed by atoms with E-state index in [-0.39, 0.29) is 45.1 Å². The van der Waals surface area contributed by atoms with Crippen molar-refractivity contribution in [3.63, 3.8) is 0 Å². The molecule has 0 aliphatic rings. The van der Waals surface area contributed by atoms with Gasteiger partial charge in [-0.15, -0.1) is 0 Å². The molecule has 0 saturated carbocycles. The van der Waals surface area contributed by atoms with Gasteiger partial charge in [-0.25, -0.2) is 0 Å². The van der Waals surface area contributed by atoms with E-state index in [0.717, 1.165) is 0 Å². The second-order valence-corrected chi connectivity index (χ2v) is 8.88. The summed E-state index contributed by atoms with van der Waals surface area (Å²) in [6.07, 6.45) is 1.15. The van der Waals surface area contributed by atoms with Crippen LogP contribution >= 0.6 is 0 Å². The van der Waals surface area contributed by atoms with E-state index in [0.29, 0.717) is 22.3 Å². The van der Waals surface area contributed by atoms with Crippen LogP contribution in [-0.2, 0) is 20.4 Å². The van der Waals surface area contributed by atoms with Crippen LogP contribution in [0.25, 0.3) is 0 Å². The normalized spacial score (nSPS) is 14.0. The molecule has 4 aromatic carbocycles. The van der Waals surface area contributed by atoms with Crippen molar-refractivity contribution in [3.05, 3.63) is 131 Å². The molecule has 4 rings (SSSR count). The molecule has 0 unspecified atom stereocenters. The van der Waals surface area contributed by atoms with Crippen LogP contribution in [0.3, 0.4) is 0 Å². The third-order valence-electron chi connectivity index (χ3n) is 6.07. The zero-order valence-electron chi connectivity index (χ0n) is 22.2. The quantitative estimate of drug-likeness (QED) is 0.114. The number of aliphatic imine (C=N–C) groups is 2. The maximum Gasteiger partial charge on any atom is 0.124 e. The van der Waals surface area contributed by atoms with Crippen LogP contribution in [0.15, 0.2) is 119 Å². The molecule has 0 amide bonds. The van der Waals surface area contributed by atoms with E-state index in [4.69, 9.17) is 0 Å².